The molecule has 0 unspecified atom stereocenters. The van der Waals surface area contributed by atoms with Gasteiger partial charge in [-0.3, -0.25) is 14.4 Å². The summed E-state index contributed by atoms with van der Waals surface area (Å²) in [6.07, 6.45) is 7.68. The molecule has 3 fully saturated rings. The Morgan fingerprint density at radius 3 is 2.46 bits per heavy atom. The summed E-state index contributed by atoms with van der Waals surface area (Å²) >= 11 is 0. The highest BCUT2D eigenvalue weighted by molar-refractivity contribution is 5.98. The first-order valence-electron chi connectivity index (χ1n) is 14.8. The van der Waals surface area contributed by atoms with E-state index >= 15 is 0 Å². The van der Waals surface area contributed by atoms with E-state index in [4.69, 9.17) is 23.7 Å². The van der Waals surface area contributed by atoms with Gasteiger partial charge in [-0.05, 0) is 71.8 Å². The monoisotopic (exact) mass is 568 g/mol. The van der Waals surface area contributed by atoms with E-state index in [1.54, 1.807) is 13.0 Å². The Kier molecular flexibility index (Phi) is 6.47. The molecule has 9 atom stereocenters. The maximum atomic E-state index is 13.5. The summed E-state index contributed by atoms with van der Waals surface area (Å²) < 4.78 is 31.7. The van der Waals surface area contributed by atoms with Crippen LogP contribution in [0.3, 0.4) is 0 Å². The summed E-state index contributed by atoms with van der Waals surface area (Å²) in [4.78, 5) is 51.5. The van der Waals surface area contributed by atoms with Crippen LogP contribution >= 0.6 is 0 Å². The molecule has 2 aliphatic carbocycles. The van der Waals surface area contributed by atoms with Crippen molar-refractivity contribution in [2.24, 2.45) is 23.2 Å². The minimum Gasteiger partial charge on any atom is -0.456 e. The predicted molar refractivity (Wildman–Crippen MR) is 145 cm³/mol. The fourth-order valence-corrected chi connectivity index (χ4v) is 8.93. The molecule has 0 N–H and O–H groups in total. The van der Waals surface area contributed by atoms with Gasteiger partial charge >= 0.3 is 17.9 Å². The van der Waals surface area contributed by atoms with Crippen LogP contribution in [-0.4, -0.2) is 53.1 Å². The minimum atomic E-state index is -1.33. The van der Waals surface area contributed by atoms with Crippen molar-refractivity contribution in [3.63, 3.8) is 0 Å². The van der Waals surface area contributed by atoms with Crippen molar-refractivity contribution in [1.82, 2.24) is 0 Å². The van der Waals surface area contributed by atoms with E-state index < -0.39 is 46.7 Å². The van der Waals surface area contributed by atoms with Gasteiger partial charge in [-0.25, -0.2) is 4.79 Å². The smallest absolute Gasteiger partial charge is 0.334 e. The van der Waals surface area contributed by atoms with Crippen LogP contribution in [0.2, 0.25) is 0 Å². The molecule has 222 valence electrons. The average molecular weight is 569 g/mol. The van der Waals surface area contributed by atoms with Gasteiger partial charge in [0.05, 0.1) is 5.41 Å². The van der Waals surface area contributed by atoms with E-state index in [2.05, 4.69) is 6.08 Å². The zero-order valence-electron chi connectivity index (χ0n) is 24.7. The number of esters is 3. The Balaban J connectivity index is 1.47. The van der Waals surface area contributed by atoms with Crippen LogP contribution < -0.4 is 0 Å². The number of cyclic esters (lactones) is 1. The molecule has 4 aliphatic heterocycles. The maximum Gasteiger partial charge on any atom is 0.334 e. The number of fused-ring (bicyclic) bond motifs is 5. The van der Waals surface area contributed by atoms with E-state index in [9.17, 15) is 19.2 Å². The topological polar surface area (TPSA) is 114 Å². The molecule has 6 rings (SSSR count). The summed E-state index contributed by atoms with van der Waals surface area (Å²) in [7, 11) is 0. The summed E-state index contributed by atoms with van der Waals surface area (Å²) in [6, 6.07) is 0. The predicted octanol–water partition coefficient (Wildman–Crippen LogP) is 4.63. The molecule has 9 heteroatoms. The molecule has 0 saturated carbocycles. The number of ether oxygens (including phenoxy) is 5. The van der Waals surface area contributed by atoms with Crippen LogP contribution in [0.1, 0.15) is 86.5 Å². The van der Waals surface area contributed by atoms with Crippen molar-refractivity contribution in [3.05, 3.63) is 34.9 Å². The number of allylic oxidation sites excluding steroid dienone is 4. The third-order valence-corrected chi connectivity index (χ3v) is 11.1. The van der Waals surface area contributed by atoms with Gasteiger partial charge in [0, 0.05) is 44.1 Å². The van der Waals surface area contributed by atoms with Crippen molar-refractivity contribution < 1.29 is 42.9 Å². The molecule has 0 radical (unpaired) electrons. The molecular weight excluding hydrogens is 528 g/mol. The number of hydrogen-bond donors (Lipinski definition) is 0. The lowest BCUT2D eigenvalue weighted by molar-refractivity contribution is -0.349. The van der Waals surface area contributed by atoms with Crippen LogP contribution in [0.5, 0.6) is 0 Å². The van der Waals surface area contributed by atoms with Crippen LogP contribution in [0.25, 0.3) is 0 Å². The molecule has 0 aromatic carbocycles. The first kappa shape index (κ1) is 28.3. The lowest BCUT2D eigenvalue weighted by Gasteiger charge is -2.54. The SMILES string of the molecule is CC(=O)O[C@H]1O[C@@](C)([C@H]2CC(C)=C(C)C(=O)O2)[C@H]2CC[C@]3(OC(C)=O)O[C@@]12CC[C@H]1[C@H]3CC=C2CC=CC(=O)[C@@]21C. The standard InChI is InChI=1S/C32H40O9/c1-17-16-26(38-27(36)18(17)2)30(6)24-13-15-32(39-20(4)34)23-11-10-21-8-7-9-25(35)29(21,5)22(23)12-14-31(24,41-32)28(40-30)37-19(3)33/h7,9-10,22-24,26,28H,8,11-16H2,1-6H3/t22-,23+,24+,26+,28-,29-,30+,31+,32-/m0/s1. The number of ketones is 1. The van der Waals surface area contributed by atoms with E-state index in [-0.39, 0.29) is 29.5 Å². The van der Waals surface area contributed by atoms with Gasteiger partial charge in [0.1, 0.15) is 17.3 Å². The third kappa shape index (κ3) is 3.94. The molecule has 1 spiro atoms. The van der Waals surface area contributed by atoms with Gasteiger partial charge in [0.25, 0.3) is 0 Å². The first-order valence-corrected chi connectivity index (χ1v) is 14.8. The van der Waals surface area contributed by atoms with Gasteiger partial charge in [-0.2, -0.15) is 0 Å². The summed E-state index contributed by atoms with van der Waals surface area (Å²) in [5.74, 6) is -3.46. The fourth-order valence-electron chi connectivity index (χ4n) is 8.93. The summed E-state index contributed by atoms with van der Waals surface area (Å²) in [6.45, 7) is 10.3. The van der Waals surface area contributed by atoms with E-state index in [0.717, 1.165) is 11.1 Å². The van der Waals surface area contributed by atoms with Crippen LogP contribution in [-0.2, 0) is 42.9 Å². The number of carbonyl (C=O) groups excluding carboxylic acids is 4. The molecule has 41 heavy (non-hydrogen) atoms. The molecule has 2 bridgehead atoms. The molecule has 0 amide bonds. The van der Waals surface area contributed by atoms with Gasteiger partial charge in [0.15, 0.2) is 5.78 Å². The van der Waals surface area contributed by atoms with Crippen molar-refractivity contribution in [2.75, 3.05) is 0 Å². The van der Waals surface area contributed by atoms with Crippen molar-refractivity contribution >= 4 is 23.7 Å². The second-order valence-corrected chi connectivity index (χ2v) is 13.2. The summed E-state index contributed by atoms with van der Waals surface area (Å²) in [5.41, 5.74) is -0.363. The van der Waals surface area contributed by atoms with Crippen LogP contribution in [0, 0.1) is 23.2 Å². The van der Waals surface area contributed by atoms with Gasteiger partial charge < -0.3 is 23.7 Å². The third-order valence-electron chi connectivity index (χ3n) is 11.1. The van der Waals surface area contributed by atoms with E-state index in [1.807, 2.05) is 26.8 Å². The highest BCUT2D eigenvalue weighted by Crippen LogP contribution is 2.66. The lowest BCUT2D eigenvalue weighted by atomic mass is 9.55. The largest absolute Gasteiger partial charge is 0.456 e. The zero-order chi connectivity index (χ0) is 29.5. The van der Waals surface area contributed by atoms with Gasteiger partial charge in [-0.1, -0.05) is 23.3 Å². The minimum absolute atomic E-state index is 0.0453. The van der Waals surface area contributed by atoms with Crippen molar-refractivity contribution in [1.29, 1.82) is 0 Å². The Hall–Kier alpha value is -2.78. The second kappa shape index (κ2) is 9.36. The zero-order valence-corrected chi connectivity index (χ0v) is 24.7. The van der Waals surface area contributed by atoms with Crippen LogP contribution in [0.15, 0.2) is 34.9 Å². The molecule has 9 nitrogen and oxygen atoms in total. The van der Waals surface area contributed by atoms with Gasteiger partial charge in [0.2, 0.25) is 12.1 Å². The highest BCUT2D eigenvalue weighted by Gasteiger charge is 2.74. The quantitative estimate of drug-likeness (QED) is 0.273. The average Bonchev–Trinajstić information content (AvgIpc) is 3.06. The molecule has 4 heterocycles. The second-order valence-electron chi connectivity index (χ2n) is 13.2. The Morgan fingerprint density at radius 2 is 1.78 bits per heavy atom. The molecule has 0 aromatic heterocycles. The Bertz CT molecular complexity index is 1310. The molecule has 0 aromatic rings. The normalized spacial score (nSPS) is 45.0. The van der Waals surface area contributed by atoms with Crippen molar-refractivity contribution in [2.45, 2.75) is 116 Å². The van der Waals surface area contributed by atoms with E-state index in [0.29, 0.717) is 50.5 Å². The molecular formula is C32H40O9. The Labute approximate surface area is 240 Å². The number of rotatable bonds is 3. The lowest BCUT2D eigenvalue weighted by Crippen LogP contribution is -2.63. The molecule has 3 saturated heterocycles. The van der Waals surface area contributed by atoms with Crippen molar-refractivity contribution in [3.8, 4) is 0 Å². The number of hydrogen-bond acceptors (Lipinski definition) is 9. The first-order chi connectivity index (χ1) is 19.3. The maximum absolute atomic E-state index is 13.5. The molecule has 6 aliphatic rings. The number of carbonyl (C=O) groups is 4. The van der Waals surface area contributed by atoms with Gasteiger partial charge in [-0.15, -0.1) is 0 Å². The highest BCUT2D eigenvalue weighted by atomic mass is 16.8. The van der Waals surface area contributed by atoms with E-state index in [1.165, 1.54) is 13.8 Å². The van der Waals surface area contributed by atoms with Crippen LogP contribution in [0.4, 0.5) is 0 Å². The summed E-state index contributed by atoms with van der Waals surface area (Å²) in [5, 5.41) is 0. The fraction of sp³-hybridized carbons (Fsp3) is 0.688. The Morgan fingerprint density at radius 1 is 1.02 bits per heavy atom.